The second-order valence-corrected chi connectivity index (χ2v) is 4.55. The molecule has 0 aromatic heterocycles. The number of amides is 2. The highest BCUT2D eigenvalue weighted by molar-refractivity contribution is 9.10. The number of rotatable bonds is 4. The summed E-state index contributed by atoms with van der Waals surface area (Å²) in [7, 11) is 0. The Kier molecular flexibility index (Phi) is 5.32. The second-order valence-electron chi connectivity index (χ2n) is 3.70. The molecular formula is C12H17BrN2O. The van der Waals surface area contributed by atoms with Gasteiger partial charge in [0.1, 0.15) is 0 Å². The third-order valence-electron chi connectivity index (χ3n) is 2.25. The van der Waals surface area contributed by atoms with Crippen LogP contribution in [0.25, 0.3) is 0 Å². The van der Waals surface area contributed by atoms with Gasteiger partial charge in [0.2, 0.25) is 0 Å². The first kappa shape index (κ1) is 13.0. The van der Waals surface area contributed by atoms with E-state index >= 15 is 0 Å². The van der Waals surface area contributed by atoms with Gasteiger partial charge >= 0.3 is 6.03 Å². The van der Waals surface area contributed by atoms with Gasteiger partial charge in [0.15, 0.2) is 0 Å². The van der Waals surface area contributed by atoms with Crippen LogP contribution in [-0.4, -0.2) is 12.6 Å². The molecule has 3 nitrogen and oxygen atoms in total. The molecule has 0 spiro atoms. The zero-order valence-corrected chi connectivity index (χ0v) is 11.2. The van der Waals surface area contributed by atoms with Gasteiger partial charge < -0.3 is 10.6 Å². The third kappa shape index (κ3) is 4.23. The van der Waals surface area contributed by atoms with E-state index in [0.29, 0.717) is 0 Å². The molecule has 0 radical (unpaired) electrons. The second kappa shape index (κ2) is 6.53. The van der Waals surface area contributed by atoms with E-state index in [2.05, 4.69) is 33.5 Å². The standard InChI is InChI=1S/C12H17BrN2O/c1-3-4-7-14-12(16)15-10-6-5-9(2)11(13)8-10/h5-6,8H,3-4,7H2,1-2H3,(H2,14,15,16). The lowest BCUT2D eigenvalue weighted by Gasteiger charge is -2.08. The SMILES string of the molecule is CCCCNC(=O)Nc1ccc(C)c(Br)c1. The van der Waals surface area contributed by atoms with E-state index in [0.717, 1.165) is 35.1 Å². The fourth-order valence-corrected chi connectivity index (χ4v) is 1.60. The van der Waals surface area contributed by atoms with Crippen LogP contribution in [0.15, 0.2) is 22.7 Å². The number of unbranched alkanes of at least 4 members (excludes halogenated alkanes) is 1. The summed E-state index contributed by atoms with van der Waals surface area (Å²) in [5, 5.41) is 5.59. The highest BCUT2D eigenvalue weighted by Gasteiger charge is 2.02. The number of hydrogen-bond donors (Lipinski definition) is 2. The molecule has 2 amide bonds. The molecule has 1 rings (SSSR count). The van der Waals surface area contributed by atoms with Crippen molar-refractivity contribution in [2.45, 2.75) is 26.7 Å². The fourth-order valence-electron chi connectivity index (χ4n) is 1.22. The van der Waals surface area contributed by atoms with Gasteiger partial charge in [-0.25, -0.2) is 4.79 Å². The minimum absolute atomic E-state index is 0.149. The number of anilines is 1. The Bertz CT molecular complexity index is 366. The molecule has 16 heavy (non-hydrogen) atoms. The molecule has 1 aromatic rings. The quantitative estimate of drug-likeness (QED) is 0.814. The van der Waals surface area contributed by atoms with Crippen LogP contribution >= 0.6 is 15.9 Å². The van der Waals surface area contributed by atoms with Gasteiger partial charge in [-0.2, -0.15) is 0 Å². The summed E-state index contributed by atoms with van der Waals surface area (Å²) in [6.45, 7) is 4.82. The number of carbonyl (C=O) groups is 1. The normalized spacial score (nSPS) is 9.94. The number of halogens is 1. The van der Waals surface area contributed by atoms with Crippen LogP contribution in [0.1, 0.15) is 25.3 Å². The number of hydrogen-bond acceptors (Lipinski definition) is 1. The van der Waals surface area contributed by atoms with Gasteiger partial charge in [-0.05, 0) is 31.0 Å². The van der Waals surface area contributed by atoms with Crippen molar-refractivity contribution in [1.29, 1.82) is 0 Å². The topological polar surface area (TPSA) is 41.1 Å². The van der Waals surface area contributed by atoms with Crippen LogP contribution < -0.4 is 10.6 Å². The Morgan fingerprint density at radius 1 is 1.44 bits per heavy atom. The highest BCUT2D eigenvalue weighted by Crippen LogP contribution is 2.20. The predicted molar refractivity (Wildman–Crippen MR) is 70.8 cm³/mol. The lowest BCUT2D eigenvalue weighted by molar-refractivity contribution is 0.252. The molecule has 0 saturated carbocycles. The summed E-state index contributed by atoms with van der Waals surface area (Å²) in [6, 6.07) is 5.60. The first-order valence-electron chi connectivity index (χ1n) is 5.44. The van der Waals surface area contributed by atoms with Gasteiger partial charge in [0, 0.05) is 16.7 Å². The molecule has 1 aromatic carbocycles. The Labute approximate surface area is 105 Å². The van der Waals surface area contributed by atoms with Crippen molar-refractivity contribution < 1.29 is 4.79 Å². The summed E-state index contributed by atoms with van der Waals surface area (Å²) in [4.78, 5) is 11.4. The number of carbonyl (C=O) groups excluding carboxylic acids is 1. The molecule has 0 aliphatic rings. The molecule has 2 N–H and O–H groups in total. The Morgan fingerprint density at radius 3 is 2.81 bits per heavy atom. The predicted octanol–water partition coefficient (Wildman–Crippen LogP) is 3.68. The molecule has 0 atom stereocenters. The van der Waals surface area contributed by atoms with E-state index in [1.54, 1.807) is 0 Å². The maximum Gasteiger partial charge on any atom is 0.319 e. The minimum atomic E-state index is -0.149. The van der Waals surface area contributed by atoms with E-state index in [4.69, 9.17) is 0 Å². The summed E-state index contributed by atoms with van der Waals surface area (Å²) >= 11 is 3.43. The van der Waals surface area contributed by atoms with Crippen LogP contribution in [0, 0.1) is 6.92 Å². The van der Waals surface area contributed by atoms with Crippen molar-refractivity contribution in [2.24, 2.45) is 0 Å². The number of urea groups is 1. The zero-order chi connectivity index (χ0) is 12.0. The largest absolute Gasteiger partial charge is 0.338 e. The monoisotopic (exact) mass is 284 g/mol. The van der Waals surface area contributed by atoms with Crippen LogP contribution in [0.3, 0.4) is 0 Å². The average molecular weight is 285 g/mol. The maximum atomic E-state index is 11.4. The van der Waals surface area contributed by atoms with Crippen LogP contribution in [0.2, 0.25) is 0 Å². The van der Waals surface area contributed by atoms with Crippen molar-refractivity contribution in [3.8, 4) is 0 Å². The molecule has 0 saturated heterocycles. The first-order valence-corrected chi connectivity index (χ1v) is 6.23. The van der Waals surface area contributed by atoms with E-state index < -0.39 is 0 Å². The average Bonchev–Trinajstić information content (AvgIpc) is 2.24. The van der Waals surface area contributed by atoms with Crippen LogP contribution in [-0.2, 0) is 0 Å². The van der Waals surface area contributed by atoms with E-state index in [1.807, 2.05) is 25.1 Å². The van der Waals surface area contributed by atoms with Crippen molar-refractivity contribution in [3.05, 3.63) is 28.2 Å². The fraction of sp³-hybridized carbons (Fsp3) is 0.417. The lowest BCUT2D eigenvalue weighted by Crippen LogP contribution is -2.29. The molecule has 0 aliphatic carbocycles. The molecule has 4 heteroatoms. The van der Waals surface area contributed by atoms with Crippen LogP contribution in [0.4, 0.5) is 10.5 Å². The van der Waals surface area contributed by atoms with Gasteiger partial charge in [0.25, 0.3) is 0 Å². The number of nitrogens with one attached hydrogen (secondary N) is 2. The van der Waals surface area contributed by atoms with E-state index in [-0.39, 0.29) is 6.03 Å². The Morgan fingerprint density at radius 2 is 2.19 bits per heavy atom. The highest BCUT2D eigenvalue weighted by atomic mass is 79.9. The van der Waals surface area contributed by atoms with Gasteiger partial charge in [0.05, 0.1) is 0 Å². The molecule has 0 aliphatic heterocycles. The van der Waals surface area contributed by atoms with Gasteiger partial charge in [-0.15, -0.1) is 0 Å². The Balaban J connectivity index is 2.46. The summed E-state index contributed by atoms with van der Waals surface area (Å²) < 4.78 is 0.999. The zero-order valence-electron chi connectivity index (χ0n) is 9.64. The summed E-state index contributed by atoms with van der Waals surface area (Å²) in [5.74, 6) is 0. The van der Waals surface area contributed by atoms with Crippen molar-refractivity contribution in [1.82, 2.24) is 5.32 Å². The third-order valence-corrected chi connectivity index (χ3v) is 3.10. The Hall–Kier alpha value is -1.03. The number of aryl methyl sites for hydroxylation is 1. The smallest absolute Gasteiger partial charge is 0.319 e. The molecule has 0 heterocycles. The summed E-state index contributed by atoms with van der Waals surface area (Å²) in [5.41, 5.74) is 1.95. The van der Waals surface area contributed by atoms with Crippen molar-refractivity contribution in [3.63, 3.8) is 0 Å². The molecule has 0 fully saturated rings. The van der Waals surface area contributed by atoms with Crippen LogP contribution in [0.5, 0.6) is 0 Å². The lowest BCUT2D eigenvalue weighted by atomic mass is 10.2. The maximum absolute atomic E-state index is 11.4. The van der Waals surface area contributed by atoms with E-state index in [9.17, 15) is 4.79 Å². The molecule has 0 bridgehead atoms. The van der Waals surface area contributed by atoms with E-state index in [1.165, 1.54) is 0 Å². The first-order chi connectivity index (χ1) is 7.63. The van der Waals surface area contributed by atoms with Crippen molar-refractivity contribution >= 4 is 27.6 Å². The molecular weight excluding hydrogens is 268 g/mol. The van der Waals surface area contributed by atoms with Gasteiger partial charge in [-0.1, -0.05) is 35.3 Å². The molecule has 0 unspecified atom stereocenters. The van der Waals surface area contributed by atoms with Gasteiger partial charge in [-0.3, -0.25) is 0 Å². The summed E-state index contributed by atoms with van der Waals surface area (Å²) in [6.07, 6.45) is 2.08. The number of benzene rings is 1. The van der Waals surface area contributed by atoms with Crippen molar-refractivity contribution in [2.75, 3.05) is 11.9 Å². The minimum Gasteiger partial charge on any atom is -0.338 e. The molecule has 88 valence electrons.